The first-order valence-corrected chi connectivity index (χ1v) is 7.02. The molecule has 1 aliphatic carbocycles. The molecule has 0 N–H and O–H groups in total. The van der Waals surface area contributed by atoms with Gasteiger partial charge in [0.2, 0.25) is 0 Å². The Morgan fingerprint density at radius 2 is 2.11 bits per heavy atom. The zero-order chi connectivity index (χ0) is 12.9. The number of likely N-dealkylation sites (tertiary alicyclic amines) is 1. The fraction of sp³-hybridized carbons (Fsp3) is 0.500. The smallest absolute Gasteiger partial charge is 0.164 e. The number of hydrogen-bond acceptors (Lipinski definition) is 2. The lowest BCUT2D eigenvalue weighted by Gasteiger charge is -2.40. The number of fused-ring (bicyclic) bond motifs is 3. The molecule has 0 bridgehead atoms. The van der Waals surface area contributed by atoms with Crippen molar-refractivity contribution < 1.29 is 4.79 Å². The molecule has 2 nitrogen and oxygen atoms in total. The molecular weight excluding hydrogens is 269 g/mol. The van der Waals surface area contributed by atoms with Crippen LogP contribution in [0.4, 0.5) is 0 Å². The summed E-state index contributed by atoms with van der Waals surface area (Å²) in [7, 11) is 2.12. The number of benzene rings is 1. The SMILES string of the molecule is CN1CC[C@H]2CC(=O)c3c(Cl)cc(Cl)cc3[C@H]2C1. The van der Waals surface area contributed by atoms with Crippen LogP contribution in [0.2, 0.25) is 10.0 Å². The quantitative estimate of drug-likeness (QED) is 0.725. The van der Waals surface area contributed by atoms with E-state index >= 15 is 0 Å². The average molecular weight is 284 g/mol. The van der Waals surface area contributed by atoms with E-state index < -0.39 is 0 Å². The van der Waals surface area contributed by atoms with E-state index in [1.54, 1.807) is 6.07 Å². The normalized spacial score (nSPS) is 27.8. The Bertz CT molecular complexity index is 515. The highest BCUT2D eigenvalue weighted by atomic mass is 35.5. The first-order valence-electron chi connectivity index (χ1n) is 6.27. The maximum absolute atomic E-state index is 12.2. The highest BCUT2D eigenvalue weighted by molar-refractivity contribution is 6.37. The summed E-state index contributed by atoms with van der Waals surface area (Å²) in [5.41, 5.74) is 1.76. The van der Waals surface area contributed by atoms with Crippen molar-refractivity contribution in [2.45, 2.75) is 18.8 Å². The molecule has 1 aliphatic heterocycles. The van der Waals surface area contributed by atoms with E-state index in [-0.39, 0.29) is 5.78 Å². The largest absolute Gasteiger partial charge is 0.306 e. The summed E-state index contributed by atoms with van der Waals surface area (Å²) in [4.78, 5) is 14.5. The molecule has 1 aromatic carbocycles. The Morgan fingerprint density at radius 3 is 2.89 bits per heavy atom. The number of rotatable bonds is 0. The van der Waals surface area contributed by atoms with Gasteiger partial charge in [0.1, 0.15) is 0 Å². The molecule has 2 atom stereocenters. The predicted octanol–water partition coefficient (Wildman–Crippen LogP) is 3.62. The molecule has 1 heterocycles. The Hall–Kier alpha value is -0.570. The van der Waals surface area contributed by atoms with E-state index in [4.69, 9.17) is 23.2 Å². The zero-order valence-corrected chi connectivity index (χ0v) is 11.8. The van der Waals surface area contributed by atoms with Crippen LogP contribution in [-0.4, -0.2) is 30.8 Å². The van der Waals surface area contributed by atoms with Crippen molar-refractivity contribution in [2.75, 3.05) is 20.1 Å². The van der Waals surface area contributed by atoms with Crippen LogP contribution in [0.25, 0.3) is 0 Å². The van der Waals surface area contributed by atoms with Gasteiger partial charge in [-0.3, -0.25) is 4.79 Å². The van der Waals surface area contributed by atoms with Crippen LogP contribution in [0.15, 0.2) is 12.1 Å². The van der Waals surface area contributed by atoms with Crippen LogP contribution < -0.4 is 0 Å². The zero-order valence-electron chi connectivity index (χ0n) is 10.2. The first-order chi connectivity index (χ1) is 8.56. The maximum Gasteiger partial charge on any atom is 0.164 e. The van der Waals surface area contributed by atoms with Crippen LogP contribution in [0.3, 0.4) is 0 Å². The molecule has 4 heteroatoms. The maximum atomic E-state index is 12.2. The van der Waals surface area contributed by atoms with Gasteiger partial charge < -0.3 is 4.90 Å². The molecule has 0 amide bonds. The second kappa shape index (κ2) is 4.52. The molecule has 1 saturated heterocycles. The summed E-state index contributed by atoms with van der Waals surface area (Å²) in [5.74, 6) is 1.03. The van der Waals surface area contributed by atoms with Gasteiger partial charge in [-0.25, -0.2) is 0 Å². The Labute approximate surface area is 117 Å². The highest BCUT2D eigenvalue weighted by Gasteiger charge is 2.38. The highest BCUT2D eigenvalue weighted by Crippen LogP contribution is 2.44. The number of carbonyl (C=O) groups is 1. The number of nitrogens with zero attached hydrogens (tertiary/aromatic N) is 1. The van der Waals surface area contributed by atoms with Crippen molar-refractivity contribution in [3.63, 3.8) is 0 Å². The lowest BCUT2D eigenvalue weighted by Crippen LogP contribution is -2.40. The number of likely N-dealkylation sites (N-methyl/N-ethyl adjacent to an activating group) is 1. The van der Waals surface area contributed by atoms with Crippen LogP contribution in [0, 0.1) is 5.92 Å². The summed E-state index contributed by atoms with van der Waals surface area (Å²) >= 11 is 12.3. The average Bonchev–Trinajstić information content (AvgIpc) is 2.29. The number of hydrogen-bond donors (Lipinski definition) is 0. The third-order valence-corrected chi connectivity index (χ3v) is 4.69. The third-order valence-electron chi connectivity index (χ3n) is 4.17. The molecule has 2 aliphatic rings. The van der Waals surface area contributed by atoms with Gasteiger partial charge in [-0.05, 0) is 43.6 Å². The van der Waals surface area contributed by atoms with Gasteiger partial charge in [-0.15, -0.1) is 0 Å². The van der Waals surface area contributed by atoms with E-state index in [9.17, 15) is 4.79 Å². The summed E-state index contributed by atoms with van der Waals surface area (Å²) in [6.45, 7) is 2.06. The Kier molecular flexibility index (Phi) is 3.13. The topological polar surface area (TPSA) is 20.3 Å². The van der Waals surface area contributed by atoms with Crippen molar-refractivity contribution in [2.24, 2.45) is 5.92 Å². The van der Waals surface area contributed by atoms with Crippen molar-refractivity contribution in [1.29, 1.82) is 0 Å². The van der Waals surface area contributed by atoms with Crippen LogP contribution in [0.5, 0.6) is 0 Å². The standard InChI is InChI=1S/C14H15Cl2NO/c1-17-3-2-8-4-13(18)14-10(11(8)7-17)5-9(15)6-12(14)16/h5-6,8,11H,2-4,7H2,1H3/t8-,11-/m0/s1. The van der Waals surface area contributed by atoms with Crippen LogP contribution in [0.1, 0.15) is 34.7 Å². The lowest BCUT2D eigenvalue weighted by molar-refractivity contribution is 0.0887. The summed E-state index contributed by atoms with van der Waals surface area (Å²) < 4.78 is 0. The van der Waals surface area contributed by atoms with E-state index in [0.29, 0.717) is 33.9 Å². The van der Waals surface area contributed by atoms with E-state index in [1.165, 1.54) is 0 Å². The second-order valence-electron chi connectivity index (χ2n) is 5.40. The number of piperidine rings is 1. The summed E-state index contributed by atoms with van der Waals surface area (Å²) in [6.07, 6.45) is 1.71. The molecule has 3 rings (SSSR count). The molecule has 0 saturated carbocycles. The minimum absolute atomic E-state index is 0.178. The van der Waals surface area contributed by atoms with E-state index in [1.807, 2.05) is 6.07 Å². The Morgan fingerprint density at radius 1 is 1.33 bits per heavy atom. The van der Waals surface area contributed by atoms with Gasteiger partial charge in [-0.2, -0.15) is 0 Å². The fourth-order valence-corrected chi connectivity index (χ4v) is 3.90. The number of ketones is 1. The lowest BCUT2D eigenvalue weighted by atomic mass is 9.71. The Balaban J connectivity index is 2.12. The van der Waals surface area contributed by atoms with E-state index in [2.05, 4.69) is 11.9 Å². The summed E-state index contributed by atoms with van der Waals surface area (Å²) in [6, 6.07) is 3.60. The van der Waals surface area contributed by atoms with Gasteiger partial charge in [0.05, 0.1) is 5.02 Å². The fourth-order valence-electron chi connectivity index (χ4n) is 3.28. The molecule has 1 aromatic rings. The summed E-state index contributed by atoms with van der Waals surface area (Å²) in [5, 5.41) is 1.13. The molecule has 0 spiro atoms. The molecule has 96 valence electrons. The molecule has 18 heavy (non-hydrogen) atoms. The van der Waals surface area contributed by atoms with Crippen molar-refractivity contribution in [3.05, 3.63) is 33.3 Å². The number of carbonyl (C=O) groups excluding carboxylic acids is 1. The first kappa shape index (κ1) is 12.5. The third kappa shape index (κ3) is 1.97. The van der Waals surface area contributed by atoms with Crippen molar-refractivity contribution in [1.82, 2.24) is 4.90 Å². The predicted molar refractivity (Wildman–Crippen MR) is 73.8 cm³/mol. The second-order valence-corrected chi connectivity index (χ2v) is 6.24. The van der Waals surface area contributed by atoms with Gasteiger partial charge in [-0.1, -0.05) is 23.2 Å². The van der Waals surface area contributed by atoms with Crippen molar-refractivity contribution in [3.8, 4) is 0 Å². The minimum Gasteiger partial charge on any atom is -0.306 e. The minimum atomic E-state index is 0.178. The van der Waals surface area contributed by atoms with Gasteiger partial charge in [0, 0.05) is 29.5 Å². The van der Waals surface area contributed by atoms with Crippen molar-refractivity contribution >= 4 is 29.0 Å². The molecule has 0 unspecified atom stereocenters. The number of Topliss-reactive ketones (excluding diaryl/α,β-unsaturated/α-hetero) is 1. The van der Waals surface area contributed by atoms with Crippen LogP contribution in [-0.2, 0) is 0 Å². The van der Waals surface area contributed by atoms with Gasteiger partial charge in [0.15, 0.2) is 5.78 Å². The monoisotopic (exact) mass is 283 g/mol. The van der Waals surface area contributed by atoms with E-state index in [0.717, 1.165) is 25.1 Å². The van der Waals surface area contributed by atoms with Gasteiger partial charge >= 0.3 is 0 Å². The van der Waals surface area contributed by atoms with Crippen LogP contribution >= 0.6 is 23.2 Å². The molecule has 1 fully saturated rings. The molecule has 0 aromatic heterocycles. The molecule has 0 radical (unpaired) electrons. The number of halogens is 2. The van der Waals surface area contributed by atoms with Gasteiger partial charge in [0.25, 0.3) is 0 Å². The molecular formula is C14H15Cl2NO.